The van der Waals surface area contributed by atoms with Crippen LogP contribution in [0.5, 0.6) is 0 Å². The number of hydrogen-bond acceptors (Lipinski definition) is 2. The van der Waals surface area contributed by atoms with Crippen molar-refractivity contribution in [2.24, 2.45) is 5.41 Å². The molecule has 2 rings (SSSR count). The van der Waals surface area contributed by atoms with E-state index in [1.807, 2.05) is 0 Å². The van der Waals surface area contributed by atoms with Crippen LogP contribution in [-0.2, 0) is 6.42 Å². The van der Waals surface area contributed by atoms with E-state index in [1.54, 1.807) is 0 Å². The predicted molar refractivity (Wildman–Crippen MR) is 83.8 cm³/mol. The Labute approximate surface area is 117 Å². The molecule has 1 aliphatic rings. The lowest BCUT2D eigenvalue weighted by Gasteiger charge is -2.33. The van der Waals surface area contributed by atoms with Crippen LogP contribution >= 0.6 is 12.6 Å². The van der Waals surface area contributed by atoms with Crippen LogP contribution in [0.15, 0.2) is 24.3 Å². The molecule has 1 nitrogen and oxygen atoms in total. The number of thiol groups is 1. The summed E-state index contributed by atoms with van der Waals surface area (Å²) in [5.41, 5.74) is 3.19. The molecular formula is C16H25NS. The Kier molecular flexibility index (Phi) is 4.60. The fourth-order valence-electron chi connectivity index (χ4n) is 3.07. The Balaban J connectivity index is 2.03. The molecule has 0 radical (unpaired) electrons. The monoisotopic (exact) mass is 263 g/mol. The second kappa shape index (κ2) is 6.01. The van der Waals surface area contributed by atoms with Crippen molar-refractivity contribution in [2.75, 3.05) is 24.2 Å². The first-order valence-electron chi connectivity index (χ1n) is 7.10. The van der Waals surface area contributed by atoms with Crippen LogP contribution in [0.1, 0.15) is 38.2 Å². The van der Waals surface area contributed by atoms with E-state index >= 15 is 0 Å². The fraction of sp³-hybridized carbons (Fsp3) is 0.625. The number of nitrogens with zero attached hydrogens (tertiary/aromatic N) is 1. The molecule has 0 spiro atoms. The molecule has 0 amide bonds. The number of anilines is 1. The molecule has 0 heterocycles. The third kappa shape index (κ3) is 3.03. The Morgan fingerprint density at radius 1 is 1.17 bits per heavy atom. The summed E-state index contributed by atoms with van der Waals surface area (Å²) in [5.74, 6) is 1.02. The normalized spacial score (nSPS) is 17.9. The molecule has 0 aliphatic heterocycles. The molecule has 1 fully saturated rings. The van der Waals surface area contributed by atoms with Crippen LogP contribution in [0, 0.1) is 5.41 Å². The minimum atomic E-state index is 0.446. The summed E-state index contributed by atoms with van der Waals surface area (Å²) in [7, 11) is 2.21. The molecule has 1 saturated carbocycles. The van der Waals surface area contributed by atoms with Crippen LogP contribution in [-0.4, -0.2) is 19.3 Å². The lowest BCUT2D eigenvalue weighted by atomic mass is 9.88. The zero-order valence-electron chi connectivity index (χ0n) is 11.7. The molecule has 0 bridgehead atoms. The molecule has 1 aliphatic carbocycles. The molecule has 1 aromatic rings. The first-order valence-corrected chi connectivity index (χ1v) is 7.73. The van der Waals surface area contributed by atoms with E-state index in [-0.39, 0.29) is 0 Å². The third-order valence-corrected chi connectivity index (χ3v) is 5.03. The summed E-state index contributed by atoms with van der Waals surface area (Å²) < 4.78 is 0. The van der Waals surface area contributed by atoms with Gasteiger partial charge >= 0.3 is 0 Å². The lowest BCUT2D eigenvalue weighted by molar-refractivity contribution is 0.354. The highest BCUT2D eigenvalue weighted by Crippen LogP contribution is 2.40. The highest BCUT2D eigenvalue weighted by molar-refractivity contribution is 7.80. The van der Waals surface area contributed by atoms with Crippen molar-refractivity contribution in [3.63, 3.8) is 0 Å². The summed E-state index contributed by atoms with van der Waals surface area (Å²) >= 11 is 4.59. The smallest absolute Gasteiger partial charge is 0.0363 e. The second-order valence-corrected chi connectivity index (χ2v) is 6.06. The summed E-state index contributed by atoms with van der Waals surface area (Å²) in [6.07, 6.45) is 6.55. The van der Waals surface area contributed by atoms with Crippen molar-refractivity contribution in [1.29, 1.82) is 0 Å². The maximum Gasteiger partial charge on any atom is 0.0363 e. The molecule has 1 aromatic carbocycles. The van der Waals surface area contributed by atoms with Gasteiger partial charge in [-0.25, -0.2) is 0 Å². The van der Waals surface area contributed by atoms with Crippen molar-refractivity contribution in [1.82, 2.24) is 0 Å². The van der Waals surface area contributed by atoms with Gasteiger partial charge in [-0.1, -0.05) is 31.9 Å². The molecule has 100 valence electrons. The van der Waals surface area contributed by atoms with E-state index in [4.69, 9.17) is 0 Å². The zero-order valence-corrected chi connectivity index (χ0v) is 12.5. The van der Waals surface area contributed by atoms with Gasteiger partial charge in [-0.05, 0) is 48.1 Å². The van der Waals surface area contributed by atoms with Crippen molar-refractivity contribution >= 4 is 18.3 Å². The average molecular weight is 263 g/mol. The molecule has 0 N–H and O–H groups in total. The van der Waals surface area contributed by atoms with Gasteiger partial charge in [-0.15, -0.1) is 0 Å². The van der Waals surface area contributed by atoms with E-state index in [9.17, 15) is 0 Å². The zero-order chi connectivity index (χ0) is 13.0. The number of rotatable bonds is 5. The standard InChI is InChI=1S/C16H25NS/c1-3-14-6-8-15(9-7-14)17(2)12-16(13-18)10-4-5-11-16/h6-9,18H,3-5,10-13H2,1-2H3. The van der Waals surface area contributed by atoms with Gasteiger partial charge < -0.3 is 4.90 Å². The minimum Gasteiger partial charge on any atom is -0.374 e. The topological polar surface area (TPSA) is 3.24 Å². The van der Waals surface area contributed by atoms with E-state index in [0.29, 0.717) is 5.41 Å². The van der Waals surface area contributed by atoms with Crippen molar-refractivity contribution in [3.05, 3.63) is 29.8 Å². The Morgan fingerprint density at radius 3 is 2.28 bits per heavy atom. The summed E-state index contributed by atoms with van der Waals surface area (Å²) in [6.45, 7) is 3.34. The molecule has 0 aromatic heterocycles. The number of hydrogen-bond donors (Lipinski definition) is 1. The van der Waals surface area contributed by atoms with Crippen molar-refractivity contribution in [3.8, 4) is 0 Å². The SMILES string of the molecule is CCc1ccc(N(C)CC2(CS)CCCC2)cc1. The Hall–Kier alpha value is -0.630. The van der Waals surface area contributed by atoms with Crippen LogP contribution in [0.2, 0.25) is 0 Å². The van der Waals surface area contributed by atoms with Crippen molar-refractivity contribution in [2.45, 2.75) is 39.0 Å². The van der Waals surface area contributed by atoms with Gasteiger partial charge in [-0.2, -0.15) is 12.6 Å². The van der Waals surface area contributed by atoms with Gasteiger partial charge in [0.05, 0.1) is 0 Å². The Bertz CT molecular complexity index is 365. The maximum atomic E-state index is 4.59. The van der Waals surface area contributed by atoms with Gasteiger partial charge in [0, 0.05) is 19.3 Å². The molecule has 0 saturated heterocycles. The molecule has 0 unspecified atom stereocenters. The lowest BCUT2D eigenvalue weighted by Crippen LogP contribution is -2.35. The molecular weight excluding hydrogens is 238 g/mol. The average Bonchev–Trinajstić information content (AvgIpc) is 2.88. The minimum absolute atomic E-state index is 0.446. The van der Waals surface area contributed by atoms with E-state index < -0.39 is 0 Å². The van der Waals surface area contributed by atoms with Gasteiger partial charge in [0.25, 0.3) is 0 Å². The predicted octanol–water partition coefficient (Wildman–Crippen LogP) is 4.18. The first-order chi connectivity index (χ1) is 8.69. The van der Waals surface area contributed by atoms with Gasteiger partial charge in [0.1, 0.15) is 0 Å². The maximum absolute atomic E-state index is 4.59. The molecule has 0 atom stereocenters. The van der Waals surface area contributed by atoms with Crippen molar-refractivity contribution < 1.29 is 0 Å². The summed E-state index contributed by atoms with van der Waals surface area (Å²) in [6, 6.07) is 8.99. The Morgan fingerprint density at radius 2 is 1.78 bits per heavy atom. The molecule has 18 heavy (non-hydrogen) atoms. The van der Waals surface area contributed by atoms with Gasteiger partial charge in [0.2, 0.25) is 0 Å². The first kappa shape index (κ1) is 13.8. The van der Waals surface area contributed by atoms with Crippen LogP contribution in [0.3, 0.4) is 0 Å². The van der Waals surface area contributed by atoms with E-state index in [2.05, 4.69) is 55.8 Å². The highest BCUT2D eigenvalue weighted by atomic mass is 32.1. The highest BCUT2D eigenvalue weighted by Gasteiger charge is 2.33. The fourth-order valence-corrected chi connectivity index (χ4v) is 3.49. The van der Waals surface area contributed by atoms with Crippen LogP contribution < -0.4 is 4.90 Å². The van der Waals surface area contributed by atoms with Gasteiger partial charge in [-0.3, -0.25) is 0 Å². The third-order valence-electron chi connectivity index (χ3n) is 4.36. The van der Waals surface area contributed by atoms with Gasteiger partial charge in [0.15, 0.2) is 0 Å². The largest absolute Gasteiger partial charge is 0.374 e. The second-order valence-electron chi connectivity index (χ2n) is 5.74. The van der Waals surface area contributed by atoms with Crippen LogP contribution in [0.4, 0.5) is 5.69 Å². The quantitative estimate of drug-likeness (QED) is 0.780. The molecule has 2 heteroatoms. The van der Waals surface area contributed by atoms with E-state index in [1.165, 1.54) is 36.9 Å². The van der Waals surface area contributed by atoms with Crippen LogP contribution in [0.25, 0.3) is 0 Å². The number of benzene rings is 1. The number of aryl methyl sites for hydroxylation is 1. The van der Waals surface area contributed by atoms with E-state index in [0.717, 1.165) is 18.7 Å². The summed E-state index contributed by atoms with van der Waals surface area (Å²) in [5, 5.41) is 0. The summed E-state index contributed by atoms with van der Waals surface area (Å²) in [4.78, 5) is 2.40.